The number of carbonyl (C=O) groups excluding carboxylic acids is 1. The van der Waals surface area contributed by atoms with Crippen LogP contribution in [-0.4, -0.2) is 26.9 Å². The molecule has 2 aromatic rings. The van der Waals surface area contributed by atoms with E-state index < -0.39 is 0 Å². The lowest BCUT2D eigenvalue weighted by molar-refractivity contribution is 0.0955. The summed E-state index contributed by atoms with van der Waals surface area (Å²) in [5.74, 6) is 0.134. The molecule has 116 valence electrons. The molecule has 0 fully saturated rings. The molecule has 0 saturated carbocycles. The van der Waals surface area contributed by atoms with Gasteiger partial charge in [-0.15, -0.1) is 0 Å². The van der Waals surface area contributed by atoms with E-state index in [0.717, 1.165) is 12.2 Å². The summed E-state index contributed by atoms with van der Waals surface area (Å²) in [5.41, 5.74) is 4.43. The molecule has 2 heterocycles. The third-order valence-corrected chi connectivity index (χ3v) is 3.35. The summed E-state index contributed by atoms with van der Waals surface area (Å²) in [5, 5.41) is 8.85. The summed E-state index contributed by atoms with van der Waals surface area (Å²) in [6.07, 6.45) is 4.62. The van der Waals surface area contributed by atoms with E-state index in [2.05, 4.69) is 34.5 Å². The number of aromatic nitrogens is 3. The average molecular weight is 320 g/mol. The van der Waals surface area contributed by atoms with Gasteiger partial charge in [-0.1, -0.05) is 25.4 Å². The number of carbonyl (C=O) groups is 1. The van der Waals surface area contributed by atoms with Crippen molar-refractivity contribution >= 4 is 23.7 Å². The second-order valence-corrected chi connectivity index (χ2v) is 5.66. The van der Waals surface area contributed by atoms with Crippen LogP contribution >= 0.6 is 11.6 Å². The van der Waals surface area contributed by atoms with Crippen LogP contribution in [0.4, 0.5) is 0 Å². The number of amides is 1. The van der Waals surface area contributed by atoms with Gasteiger partial charge in [-0.3, -0.25) is 14.5 Å². The van der Waals surface area contributed by atoms with Gasteiger partial charge in [0, 0.05) is 24.5 Å². The van der Waals surface area contributed by atoms with E-state index in [1.807, 2.05) is 6.92 Å². The fourth-order valence-corrected chi connectivity index (χ4v) is 2.20. The highest BCUT2D eigenvalue weighted by atomic mass is 35.5. The number of nitrogens with zero attached hydrogens (tertiary/aromatic N) is 4. The molecular formula is C15H18ClN5O. The largest absolute Gasteiger partial charge is 0.271 e. The Bertz CT molecular complexity index is 679. The van der Waals surface area contributed by atoms with Crippen molar-refractivity contribution in [3.05, 3.63) is 46.5 Å². The van der Waals surface area contributed by atoms with E-state index >= 15 is 0 Å². The molecule has 0 aliphatic heterocycles. The number of rotatable bonds is 5. The maximum Gasteiger partial charge on any atom is 0.271 e. The minimum atomic E-state index is -0.304. The normalized spacial score (nSPS) is 11.3. The highest BCUT2D eigenvalue weighted by Gasteiger charge is 2.12. The fourth-order valence-electron chi connectivity index (χ4n) is 1.90. The molecule has 0 aliphatic rings. The predicted molar refractivity (Wildman–Crippen MR) is 86.1 cm³/mol. The van der Waals surface area contributed by atoms with Crippen LogP contribution in [0.1, 0.15) is 35.5 Å². The number of aryl methyl sites for hydroxylation is 1. The summed E-state index contributed by atoms with van der Waals surface area (Å²) in [7, 11) is 0. The molecule has 6 nitrogen and oxygen atoms in total. The SMILES string of the molecule is Cc1nn(CC(C)C)c(Cl)c1/C=N\NC(=O)c1ccncc1. The van der Waals surface area contributed by atoms with Crippen molar-refractivity contribution in [3.8, 4) is 0 Å². The van der Waals surface area contributed by atoms with E-state index in [-0.39, 0.29) is 5.91 Å². The molecule has 0 bridgehead atoms. The maximum atomic E-state index is 11.8. The maximum absolute atomic E-state index is 11.8. The second kappa shape index (κ2) is 7.17. The summed E-state index contributed by atoms with van der Waals surface area (Å²) < 4.78 is 1.74. The van der Waals surface area contributed by atoms with Crippen LogP contribution in [0, 0.1) is 12.8 Å². The molecule has 0 saturated heterocycles. The highest BCUT2D eigenvalue weighted by Crippen LogP contribution is 2.18. The topological polar surface area (TPSA) is 72.2 Å². The van der Waals surface area contributed by atoms with Crippen LogP contribution in [0.2, 0.25) is 5.15 Å². The van der Waals surface area contributed by atoms with E-state index in [0.29, 0.717) is 22.2 Å². The van der Waals surface area contributed by atoms with Crippen LogP contribution in [0.5, 0.6) is 0 Å². The zero-order valence-corrected chi connectivity index (χ0v) is 13.5. The second-order valence-electron chi connectivity index (χ2n) is 5.30. The molecule has 0 spiro atoms. The van der Waals surface area contributed by atoms with Crippen molar-refractivity contribution in [1.82, 2.24) is 20.2 Å². The van der Waals surface area contributed by atoms with Crippen LogP contribution in [0.25, 0.3) is 0 Å². The Morgan fingerprint density at radius 1 is 1.45 bits per heavy atom. The number of hydrazone groups is 1. The van der Waals surface area contributed by atoms with Crippen molar-refractivity contribution in [2.24, 2.45) is 11.0 Å². The van der Waals surface area contributed by atoms with Crippen molar-refractivity contribution in [1.29, 1.82) is 0 Å². The third kappa shape index (κ3) is 3.92. The molecular weight excluding hydrogens is 302 g/mol. The van der Waals surface area contributed by atoms with Crippen molar-refractivity contribution < 1.29 is 4.79 Å². The van der Waals surface area contributed by atoms with Gasteiger partial charge >= 0.3 is 0 Å². The number of hydrogen-bond acceptors (Lipinski definition) is 4. The number of pyridine rings is 1. The molecule has 1 N–H and O–H groups in total. The van der Waals surface area contributed by atoms with Crippen LogP contribution < -0.4 is 5.43 Å². The summed E-state index contributed by atoms with van der Waals surface area (Å²) in [6, 6.07) is 3.23. The fraction of sp³-hybridized carbons (Fsp3) is 0.333. The van der Waals surface area contributed by atoms with Gasteiger partial charge in [-0.25, -0.2) is 5.43 Å². The minimum absolute atomic E-state index is 0.304. The lowest BCUT2D eigenvalue weighted by Gasteiger charge is -2.05. The standard InChI is InChI=1S/C15H18ClN5O/c1-10(2)9-21-14(16)13(11(3)20-21)8-18-19-15(22)12-4-6-17-7-5-12/h4-8,10H,9H2,1-3H3,(H,19,22)/b18-8-. The molecule has 0 unspecified atom stereocenters. The van der Waals surface area contributed by atoms with Gasteiger partial charge in [-0.2, -0.15) is 10.2 Å². The first-order valence-electron chi connectivity index (χ1n) is 6.95. The van der Waals surface area contributed by atoms with Crippen molar-refractivity contribution in [3.63, 3.8) is 0 Å². The van der Waals surface area contributed by atoms with Gasteiger partial charge in [0.25, 0.3) is 5.91 Å². The molecule has 7 heteroatoms. The molecule has 22 heavy (non-hydrogen) atoms. The van der Waals surface area contributed by atoms with E-state index in [9.17, 15) is 4.79 Å². The molecule has 1 amide bonds. The van der Waals surface area contributed by atoms with E-state index in [4.69, 9.17) is 11.6 Å². The monoisotopic (exact) mass is 319 g/mol. The smallest absolute Gasteiger partial charge is 0.267 e. The Morgan fingerprint density at radius 2 is 2.14 bits per heavy atom. The van der Waals surface area contributed by atoms with Gasteiger partial charge in [0.15, 0.2) is 0 Å². The third-order valence-electron chi connectivity index (χ3n) is 2.95. The Kier molecular flexibility index (Phi) is 5.27. The van der Waals surface area contributed by atoms with Crippen LogP contribution in [0.3, 0.4) is 0 Å². The van der Waals surface area contributed by atoms with E-state index in [1.54, 1.807) is 29.2 Å². The molecule has 2 aromatic heterocycles. The zero-order valence-electron chi connectivity index (χ0n) is 12.7. The van der Waals surface area contributed by atoms with E-state index in [1.165, 1.54) is 6.21 Å². The Labute approximate surface area is 134 Å². The van der Waals surface area contributed by atoms with Gasteiger partial charge in [0.2, 0.25) is 0 Å². The summed E-state index contributed by atoms with van der Waals surface area (Å²) >= 11 is 6.29. The summed E-state index contributed by atoms with van der Waals surface area (Å²) in [4.78, 5) is 15.7. The molecule has 2 rings (SSSR count). The highest BCUT2D eigenvalue weighted by molar-refractivity contribution is 6.32. The first-order chi connectivity index (χ1) is 10.5. The van der Waals surface area contributed by atoms with Gasteiger partial charge in [0.05, 0.1) is 17.5 Å². The first-order valence-corrected chi connectivity index (χ1v) is 7.33. The number of halogens is 1. The number of nitrogens with one attached hydrogen (secondary N) is 1. The average Bonchev–Trinajstić information content (AvgIpc) is 2.74. The summed E-state index contributed by atoms with van der Waals surface area (Å²) in [6.45, 7) is 6.78. The Morgan fingerprint density at radius 3 is 2.77 bits per heavy atom. The van der Waals surface area contributed by atoms with Gasteiger partial charge in [0.1, 0.15) is 5.15 Å². The van der Waals surface area contributed by atoms with Crippen molar-refractivity contribution in [2.75, 3.05) is 0 Å². The predicted octanol–water partition coefficient (Wildman–Crippen LogP) is 2.66. The van der Waals surface area contributed by atoms with Crippen LogP contribution in [-0.2, 0) is 6.54 Å². The van der Waals surface area contributed by atoms with Crippen LogP contribution in [0.15, 0.2) is 29.6 Å². The van der Waals surface area contributed by atoms with Gasteiger partial charge < -0.3 is 0 Å². The number of hydrogen-bond donors (Lipinski definition) is 1. The molecule has 0 aliphatic carbocycles. The minimum Gasteiger partial charge on any atom is -0.267 e. The Hall–Kier alpha value is -2.21. The molecule has 0 radical (unpaired) electrons. The molecule has 0 aromatic carbocycles. The Balaban J connectivity index is 2.07. The van der Waals surface area contributed by atoms with Crippen molar-refractivity contribution in [2.45, 2.75) is 27.3 Å². The molecule has 0 atom stereocenters. The zero-order chi connectivity index (χ0) is 16.1. The lowest BCUT2D eigenvalue weighted by atomic mass is 10.2. The first kappa shape index (κ1) is 16.2. The quantitative estimate of drug-likeness (QED) is 0.680. The van der Waals surface area contributed by atoms with Gasteiger partial charge in [-0.05, 0) is 25.0 Å². The lowest BCUT2D eigenvalue weighted by Crippen LogP contribution is -2.17.